The third-order valence-electron chi connectivity index (χ3n) is 2.96. The summed E-state index contributed by atoms with van der Waals surface area (Å²) >= 11 is 0. The summed E-state index contributed by atoms with van der Waals surface area (Å²) in [6.07, 6.45) is 5.39. The number of hydrogen-bond donors (Lipinski definition) is 1. The van der Waals surface area contributed by atoms with E-state index in [-0.39, 0.29) is 0 Å². The van der Waals surface area contributed by atoms with Gasteiger partial charge in [-0.05, 0) is 27.0 Å². The van der Waals surface area contributed by atoms with Crippen molar-refractivity contribution in [3.8, 4) is 0 Å². The molecule has 0 fully saturated rings. The van der Waals surface area contributed by atoms with Crippen molar-refractivity contribution in [3.63, 3.8) is 0 Å². The van der Waals surface area contributed by atoms with E-state index < -0.39 is 0 Å². The molecule has 1 N–H and O–H groups in total. The van der Waals surface area contributed by atoms with Gasteiger partial charge in [-0.25, -0.2) is 9.50 Å². The SMILES string of the molecule is CC(C)N(C)CCNc1nccn2nccc12. The Labute approximate surface area is 101 Å². The highest BCUT2D eigenvalue weighted by molar-refractivity contribution is 5.66. The molecule has 5 nitrogen and oxygen atoms in total. The molecule has 0 unspecified atom stereocenters. The minimum atomic E-state index is 0.565. The lowest BCUT2D eigenvalue weighted by Crippen LogP contribution is -2.31. The molecule has 0 bridgehead atoms. The van der Waals surface area contributed by atoms with Gasteiger partial charge in [-0.2, -0.15) is 5.10 Å². The molecule has 0 spiro atoms. The lowest BCUT2D eigenvalue weighted by atomic mass is 10.3. The van der Waals surface area contributed by atoms with Crippen LogP contribution in [0.5, 0.6) is 0 Å². The van der Waals surface area contributed by atoms with E-state index in [9.17, 15) is 0 Å². The molecule has 2 aromatic rings. The number of anilines is 1. The van der Waals surface area contributed by atoms with Crippen molar-refractivity contribution >= 4 is 11.3 Å². The van der Waals surface area contributed by atoms with Crippen LogP contribution in [0.1, 0.15) is 13.8 Å². The van der Waals surface area contributed by atoms with Crippen molar-refractivity contribution in [2.75, 3.05) is 25.5 Å². The van der Waals surface area contributed by atoms with Crippen LogP contribution in [0.3, 0.4) is 0 Å². The fraction of sp³-hybridized carbons (Fsp3) is 0.500. The Morgan fingerprint density at radius 1 is 1.41 bits per heavy atom. The van der Waals surface area contributed by atoms with Gasteiger partial charge in [0, 0.05) is 31.5 Å². The molecule has 0 aliphatic carbocycles. The molecule has 17 heavy (non-hydrogen) atoms. The first-order valence-corrected chi connectivity index (χ1v) is 5.91. The summed E-state index contributed by atoms with van der Waals surface area (Å²) < 4.78 is 1.82. The van der Waals surface area contributed by atoms with E-state index in [2.05, 4.69) is 41.2 Å². The molecule has 0 aliphatic heterocycles. The molecule has 2 heterocycles. The molecule has 2 aromatic heterocycles. The van der Waals surface area contributed by atoms with Gasteiger partial charge in [0.05, 0.1) is 6.20 Å². The van der Waals surface area contributed by atoms with Gasteiger partial charge in [-0.1, -0.05) is 0 Å². The highest BCUT2D eigenvalue weighted by Gasteiger charge is 2.04. The molecule has 0 saturated carbocycles. The fourth-order valence-electron chi connectivity index (χ4n) is 1.60. The van der Waals surface area contributed by atoms with Crippen LogP contribution in [0.25, 0.3) is 5.52 Å². The van der Waals surface area contributed by atoms with E-state index >= 15 is 0 Å². The number of nitrogens with zero attached hydrogens (tertiary/aromatic N) is 4. The quantitative estimate of drug-likeness (QED) is 0.849. The van der Waals surface area contributed by atoms with Gasteiger partial charge in [0.2, 0.25) is 0 Å². The summed E-state index contributed by atoms with van der Waals surface area (Å²) in [6.45, 7) is 6.26. The Kier molecular flexibility index (Phi) is 3.58. The number of nitrogens with one attached hydrogen (secondary N) is 1. The highest BCUT2D eigenvalue weighted by atomic mass is 15.2. The number of likely N-dealkylation sites (N-methyl/N-ethyl adjacent to an activating group) is 1. The standard InChI is InChI=1S/C12H19N5/c1-10(2)16(3)8-6-13-12-11-4-5-15-17(11)9-7-14-12/h4-5,7,9-10H,6,8H2,1-3H3,(H,13,14). The van der Waals surface area contributed by atoms with E-state index in [1.165, 1.54) is 0 Å². The monoisotopic (exact) mass is 233 g/mol. The summed E-state index contributed by atoms with van der Waals surface area (Å²) in [5, 5.41) is 7.52. The molecule has 0 radical (unpaired) electrons. The topological polar surface area (TPSA) is 45.5 Å². The Morgan fingerprint density at radius 3 is 3.00 bits per heavy atom. The van der Waals surface area contributed by atoms with Crippen LogP contribution >= 0.6 is 0 Å². The summed E-state index contributed by atoms with van der Waals surface area (Å²) in [5.41, 5.74) is 1.01. The Morgan fingerprint density at radius 2 is 2.24 bits per heavy atom. The third-order valence-corrected chi connectivity index (χ3v) is 2.96. The van der Waals surface area contributed by atoms with Gasteiger partial charge in [0.25, 0.3) is 0 Å². The first-order valence-electron chi connectivity index (χ1n) is 5.91. The maximum absolute atomic E-state index is 4.33. The van der Waals surface area contributed by atoms with Crippen molar-refractivity contribution in [1.82, 2.24) is 19.5 Å². The Bertz CT molecular complexity index is 476. The average Bonchev–Trinajstić information content (AvgIpc) is 2.77. The van der Waals surface area contributed by atoms with E-state index in [4.69, 9.17) is 0 Å². The Hall–Kier alpha value is -1.62. The highest BCUT2D eigenvalue weighted by Crippen LogP contribution is 2.11. The van der Waals surface area contributed by atoms with Gasteiger partial charge in [-0.15, -0.1) is 0 Å². The molecule has 0 atom stereocenters. The zero-order valence-electron chi connectivity index (χ0n) is 10.6. The molecule has 92 valence electrons. The minimum Gasteiger partial charge on any atom is -0.367 e. The normalized spacial score (nSPS) is 11.6. The van der Waals surface area contributed by atoms with Crippen LogP contribution in [0.4, 0.5) is 5.82 Å². The predicted octanol–water partition coefficient (Wildman–Crippen LogP) is 1.48. The maximum Gasteiger partial charge on any atom is 0.152 e. The molecule has 0 aromatic carbocycles. The van der Waals surface area contributed by atoms with Crippen LogP contribution in [0, 0.1) is 0 Å². The Balaban J connectivity index is 1.97. The summed E-state index contributed by atoms with van der Waals surface area (Å²) in [6, 6.07) is 2.53. The van der Waals surface area contributed by atoms with Gasteiger partial charge in [0.1, 0.15) is 5.52 Å². The summed E-state index contributed by atoms with van der Waals surface area (Å²) in [4.78, 5) is 6.63. The maximum atomic E-state index is 4.33. The van der Waals surface area contributed by atoms with E-state index in [0.29, 0.717) is 6.04 Å². The van der Waals surface area contributed by atoms with Crippen molar-refractivity contribution in [2.45, 2.75) is 19.9 Å². The minimum absolute atomic E-state index is 0.565. The first-order chi connectivity index (χ1) is 8.18. The predicted molar refractivity (Wildman–Crippen MR) is 69.2 cm³/mol. The molecule has 5 heteroatoms. The fourth-order valence-corrected chi connectivity index (χ4v) is 1.60. The number of hydrogen-bond acceptors (Lipinski definition) is 4. The second-order valence-electron chi connectivity index (χ2n) is 4.44. The van der Waals surface area contributed by atoms with Gasteiger partial charge < -0.3 is 10.2 Å². The van der Waals surface area contributed by atoms with Crippen molar-refractivity contribution < 1.29 is 0 Å². The van der Waals surface area contributed by atoms with Crippen molar-refractivity contribution in [3.05, 3.63) is 24.7 Å². The van der Waals surface area contributed by atoms with Crippen LogP contribution in [0.15, 0.2) is 24.7 Å². The van der Waals surface area contributed by atoms with Crippen LogP contribution in [0.2, 0.25) is 0 Å². The largest absolute Gasteiger partial charge is 0.367 e. The van der Waals surface area contributed by atoms with Crippen LogP contribution in [-0.2, 0) is 0 Å². The zero-order chi connectivity index (χ0) is 12.3. The van der Waals surface area contributed by atoms with E-state index in [1.54, 1.807) is 12.4 Å². The molecule has 0 saturated heterocycles. The lowest BCUT2D eigenvalue weighted by Gasteiger charge is -2.21. The molecular formula is C12H19N5. The van der Waals surface area contributed by atoms with Crippen LogP contribution < -0.4 is 5.32 Å². The van der Waals surface area contributed by atoms with Gasteiger partial charge in [0.15, 0.2) is 5.82 Å². The molecule has 2 rings (SSSR count). The average molecular weight is 233 g/mol. The molecular weight excluding hydrogens is 214 g/mol. The van der Waals surface area contributed by atoms with Crippen molar-refractivity contribution in [1.29, 1.82) is 0 Å². The zero-order valence-corrected chi connectivity index (χ0v) is 10.6. The summed E-state index contributed by atoms with van der Waals surface area (Å²) in [7, 11) is 2.12. The van der Waals surface area contributed by atoms with E-state index in [1.807, 2.05) is 16.8 Å². The molecule has 0 aliphatic rings. The smallest absolute Gasteiger partial charge is 0.152 e. The van der Waals surface area contributed by atoms with Crippen LogP contribution in [-0.4, -0.2) is 45.7 Å². The van der Waals surface area contributed by atoms with E-state index in [0.717, 1.165) is 24.4 Å². The third kappa shape index (κ3) is 2.74. The number of rotatable bonds is 5. The molecule has 0 amide bonds. The van der Waals surface area contributed by atoms with Gasteiger partial charge >= 0.3 is 0 Å². The number of fused-ring (bicyclic) bond motifs is 1. The first kappa shape index (κ1) is 11.9. The number of aromatic nitrogens is 3. The second kappa shape index (κ2) is 5.14. The van der Waals surface area contributed by atoms with Gasteiger partial charge in [-0.3, -0.25) is 0 Å². The lowest BCUT2D eigenvalue weighted by molar-refractivity contribution is 0.284. The summed E-state index contributed by atoms with van der Waals surface area (Å²) in [5.74, 6) is 0.891. The second-order valence-corrected chi connectivity index (χ2v) is 4.44. The van der Waals surface area contributed by atoms with Crippen molar-refractivity contribution in [2.24, 2.45) is 0 Å².